The number of hydrogen-bond donors (Lipinski definition) is 1. The maximum Gasteiger partial charge on any atom is 0.269 e. The van der Waals surface area contributed by atoms with Gasteiger partial charge >= 0.3 is 0 Å². The third kappa shape index (κ3) is 2.53. The van der Waals surface area contributed by atoms with Crippen LogP contribution >= 0.6 is 0 Å². The number of aryl methyl sites for hydroxylation is 1. The van der Waals surface area contributed by atoms with Crippen LogP contribution in [0, 0.1) is 17.0 Å². The Labute approximate surface area is 82.3 Å². The molecule has 0 aliphatic heterocycles. The van der Waals surface area contributed by atoms with Crippen LogP contribution < -0.4 is 0 Å². The van der Waals surface area contributed by atoms with E-state index in [9.17, 15) is 15.2 Å². The summed E-state index contributed by atoms with van der Waals surface area (Å²) in [6.07, 6.45) is 0.110. The lowest BCUT2D eigenvalue weighted by Crippen LogP contribution is -2.05. The van der Waals surface area contributed by atoms with Gasteiger partial charge in [0.15, 0.2) is 0 Å². The van der Waals surface area contributed by atoms with Gasteiger partial charge in [0.25, 0.3) is 5.69 Å². The lowest BCUT2D eigenvalue weighted by Gasteiger charge is -2.07. The number of rotatable bonds is 3. The highest BCUT2D eigenvalue weighted by atomic mass is 16.6. The largest absolute Gasteiger partial charge is 0.393 e. The predicted molar refractivity (Wildman–Crippen MR) is 53.2 cm³/mol. The minimum absolute atomic E-state index is 0.0943. The van der Waals surface area contributed by atoms with Gasteiger partial charge in [-0.1, -0.05) is 6.07 Å². The van der Waals surface area contributed by atoms with Crippen molar-refractivity contribution in [3.8, 4) is 0 Å². The number of nitro benzene ring substituents is 1. The molecule has 14 heavy (non-hydrogen) atoms. The molecule has 1 N–H and O–H groups in total. The summed E-state index contributed by atoms with van der Waals surface area (Å²) in [6.45, 7) is 3.51. The molecular formula is C10H13NO3. The predicted octanol–water partition coefficient (Wildman–Crippen LogP) is 1.83. The number of non-ortho nitro benzene ring substituents is 1. The molecule has 0 spiro atoms. The van der Waals surface area contributed by atoms with Crippen LogP contribution in [-0.2, 0) is 6.42 Å². The molecule has 1 unspecified atom stereocenters. The van der Waals surface area contributed by atoms with Crippen molar-refractivity contribution >= 4 is 5.69 Å². The van der Waals surface area contributed by atoms with Crippen LogP contribution in [0.3, 0.4) is 0 Å². The molecule has 4 heteroatoms. The van der Waals surface area contributed by atoms with E-state index in [4.69, 9.17) is 0 Å². The summed E-state index contributed by atoms with van der Waals surface area (Å²) in [7, 11) is 0. The maximum absolute atomic E-state index is 10.4. The van der Waals surface area contributed by atoms with Crippen molar-refractivity contribution in [1.82, 2.24) is 0 Å². The first kappa shape index (κ1) is 10.7. The molecule has 1 rings (SSSR count). The Hall–Kier alpha value is -1.42. The van der Waals surface area contributed by atoms with Crippen molar-refractivity contribution in [1.29, 1.82) is 0 Å². The van der Waals surface area contributed by atoms with E-state index in [0.29, 0.717) is 6.42 Å². The van der Waals surface area contributed by atoms with Gasteiger partial charge in [-0.05, 0) is 31.4 Å². The van der Waals surface area contributed by atoms with E-state index in [1.165, 1.54) is 12.1 Å². The molecule has 0 aromatic heterocycles. The van der Waals surface area contributed by atoms with Crippen LogP contribution in [0.4, 0.5) is 5.69 Å². The summed E-state index contributed by atoms with van der Waals surface area (Å²) in [4.78, 5) is 10.0. The summed E-state index contributed by atoms with van der Waals surface area (Å²) in [5.41, 5.74) is 1.89. The fraction of sp³-hybridized carbons (Fsp3) is 0.400. The van der Waals surface area contributed by atoms with E-state index < -0.39 is 11.0 Å². The summed E-state index contributed by atoms with van der Waals surface area (Å²) in [5, 5.41) is 19.6. The number of nitro groups is 1. The molecule has 0 radical (unpaired) electrons. The van der Waals surface area contributed by atoms with Gasteiger partial charge in [-0.2, -0.15) is 0 Å². The van der Waals surface area contributed by atoms with Gasteiger partial charge in [0.1, 0.15) is 0 Å². The van der Waals surface area contributed by atoms with Gasteiger partial charge < -0.3 is 5.11 Å². The van der Waals surface area contributed by atoms with Crippen molar-refractivity contribution in [2.24, 2.45) is 0 Å². The van der Waals surface area contributed by atoms with E-state index in [0.717, 1.165) is 11.1 Å². The molecule has 4 nitrogen and oxygen atoms in total. The average Bonchev–Trinajstić information content (AvgIpc) is 2.07. The Morgan fingerprint density at radius 1 is 1.57 bits per heavy atom. The first-order chi connectivity index (χ1) is 6.50. The van der Waals surface area contributed by atoms with Gasteiger partial charge in [-0.15, -0.1) is 0 Å². The maximum atomic E-state index is 10.4. The Bertz CT molecular complexity index is 347. The van der Waals surface area contributed by atoms with Gasteiger partial charge in [0.05, 0.1) is 11.0 Å². The molecule has 1 aromatic rings. The average molecular weight is 195 g/mol. The second kappa shape index (κ2) is 4.19. The highest BCUT2D eigenvalue weighted by Gasteiger charge is 2.08. The molecule has 1 atom stereocenters. The van der Waals surface area contributed by atoms with E-state index in [1.807, 2.05) is 6.92 Å². The van der Waals surface area contributed by atoms with E-state index in [-0.39, 0.29) is 5.69 Å². The van der Waals surface area contributed by atoms with Crippen molar-refractivity contribution < 1.29 is 10.0 Å². The Kier molecular flexibility index (Phi) is 3.19. The number of nitrogens with zero attached hydrogens (tertiary/aromatic N) is 1. The summed E-state index contributed by atoms with van der Waals surface area (Å²) < 4.78 is 0. The van der Waals surface area contributed by atoms with Crippen molar-refractivity contribution in [2.75, 3.05) is 0 Å². The van der Waals surface area contributed by atoms with Gasteiger partial charge in [-0.3, -0.25) is 10.1 Å². The van der Waals surface area contributed by atoms with Gasteiger partial charge in [-0.25, -0.2) is 0 Å². The Balaban J connectivity index is 2.95. The van der Waals surface area contributed by atoms with Crippen LogP contribution in [0.5, 0.6) is 0 Å². The molecule has 0 aliphatic rings. The Morgan fingerprint density at radius 2 is 2.21 bits per heavy atom. The fourth-order valence-corrected chi connectivity index (χ4v) is 1.34. The van der Waals surface area contributed by atoms with Crippen LogP contribution in [0.25, 0.3) is 0 Å². The third-order valence-corrected chi connectivity index (χ3v) is 2.05. The first-order valence-corrected chi connectivity index (χ1v) is 4.42. The highest BCUT2D eigenvalue weighted by Crippen LogP contribution is 2.18. The summed E-state index contributed by atoms with van der Waals surface area (Å²) in [5.74, 6) is 0. The molecule has 0 aliphatic carbocycles. The van der Waals surface area contributed by atoms with Gasteiger partial charge in [0, 0.05) is 12.1 Å². The molecule has 0 fully saturated rings. The fourth-order valence-electron chi connectivity index (χ4n) is 1.34. The lowest BCUT2D eigenvalue weighted by atomic mass is 10.0. The van der Waals surface area contributed by atoms with Crippen LogP contribution in [0.15, 0.2) is 18.2 Å². The number of hydrogen-bond acceptors (Lipinski definition) is 3. The monoisotopic (exact) mass is 195 g/mol. The minimum atomic E-state index is -0.421. The first-order valence-electron chi connectivity index (χ1n) is 4.42. The molecule has 0 bridgehead atoms. The molecule has 1 aromatic carbocycles. The van der Waals surface area contributed by atoms with E-state index >= 15 is 0 Å². The lowest BCUT2D eigenvalue weighted by molar-refractivity contribution is -0.384. The molecule has 0 saturated heterocycles. The normalized spacial score (nSPS) is 12.5. The highest BCUT2D eigenvalue weighted by molar-refractivity contribution is 5.39. The van der Waals surface area contributed by atoms with Crippen LogP contribution in [-0.4, -0.2) is 16.1 Å². The molecular weight excluding hydrogens is 182 g/mol. The third-order valence-electron chi connectivity index (χ3n) is 2.05. The second-order valence-corrected chi connectivity index (χ2v) is 3.42. The smallest absolute Gasteiger partial charge is 0.269 e. The zero-order valence-corrected chi connectivity index (χ0v) is 8.23. The zero-order valence-electron chi connectivity index (χ0n) is 8.23. The van der Waals surface area contributed by atoms with Crippen LogP contribution in [0.2, 0.25) is 0 Å². The Morgan fingerprint density at radius 3 is 2.64 bits per heavy atom. The SMILES string of the molecule is Cc1cc([N+](=O)[O-])ccc1CC(C)O. The van der Waals surface area contributed by atoms with Crippen molar-refractivity contribution in [3.63, 3.8) is 0 Å². The topological polar surface area (TPSA) is 63.4 Å². The standard InChI is InChI=1S/C10H13NO3/c1-7-5-10(11(13)14)4-3-9(7)6-8(2)12/h3-5,8,12H,6H2,1-2H3. The number of aliphatic hydroxyl groups is 1. The van der Waals surface area contributed by atoms with Gasteiger partial charge in [0.2, 0.25) is 0 Å². The molecule has 0 amide bonds. The molecule has 0 heterocycles. The summed E-state index contributed by atoms with van der Waals surface area (Å²) in [6, 6.07) is 4.68. The number of aliphatic hydroxyl groups excluding tert-OH is 1. The zero-order chi connectivity index (χ0) is 10.7. The van der Waals surface area contributed by atoms with Crippen LogP contribution in [0.1, 0.15) is 18.1 Å². The quantitative estimate of drug-likeness (QED) is 0.591. The molecule has 76 valence electrons. The minimum Gasteiger partial charge on any atom is -0.393 e. The van der Waals surface area contributed by atoms with E-state index in [1.54, 1.807) is 13.0 Å². The van der Waals surface area contributed by atoms with Crippen molar-refractivity contribution in [2.45, 2.75) is 26.4 Å². The van der Waals surface area contributed by atoms with E-state index in [2.05, 4.69) is 0 Å². The number of benzene rings is 1. The second-order valence-electron chi connectivity index (χ2n) is 3.42. The van der Waals surface area contributed by atoms with Crippen molar-refractivity contribution in [3.05, 3.63) is 39.4 Å². The molecule has 0 saturated carbocycles. The summed E-state index contributed by atoms with van der Waals surface area (Å²) >= 11 is 0.